The molecule has 2 aromatic carbocycles. The van der Waals surface area contributed by atoms with Crippen molar-refractivity contribution in [3.8, 4) is 11.5 Å². The van der Waals surface area contributed by atoms with E-state index in [1.165, 1.54) is 0 Å². The maximum Gasteiger partial charge on any atom is 0.224 e. The Morgan fingerprint density at radius 3 is 2.79 bits per heavy atom. The predicted molar refractivity (Wildman–Crippen MR) is 93.9 cm³/mol. The van der Waals surface area contributed by atoms with Crippen LogP contribution in [0.25, 0.3) is 0 Å². The monoisotopic (exact) mass is 326 g/mol. The highest BCUT2D eigenvalue weighted by Gasteiger charge is 2.16. The number of benzene rings is 2. The van der Waals surface area contributed by atoms with Crippen molar-refractivity contribution in [2.24, 2.45) is 0 Å². The van der Waals surface area contributed by atoms with E-state index in [0.29, 0.717) is 19.6 Å². The van der Waals surface area contributed by atoms with Crippen LogP contribution in [0.3, 0.4) is 0 Å². The molecule has 1 aliphatic rings. The fourth-order valence-electron chi connectivity index (χ4n) is 2.78. The number of carbonyl (C=O) groups excluding carboxylic acids is 1. The third kappa shape index (κ3) is 3.98. The highest BCUT2D eigenvalue weighted by Crippen LogP contribution is 2.30. The molecular weight excluding hydrogens is 304 g/mol. The van der Waals surface area contributed by atoms with E-state index in [1.807, 2.05) is 48.5 Å². The van der Waals surface area contributed by atoms with Gasteiger partial charge < -0.3 is 19.7 Å². The summed E-state index contributed by atoms with van der Waals surface area (Å²) in [5, 5.41) is 2.99. The fourth-order valence-corrected chi connectivity index (χ4v) is 2.78. The number of rotatable bonds is 6. The van der Waals surface area contributed by atoms with Gasteiger partial charge in [0.05, 0.1) is 25.8 Å². The average molecular weight is 326 g/mol. The van der Waals surface area contributed by atoms with Crippen LogP contribution in [-0.4, -0.2) is 39.3 Å². The second kappa shape index (κ2) is 7.73. The fraction of sp³-hybridized carbons (Fsp3) is 0.316. The molecule has 5 heteroatoms. The molecule has 2 aromatic rings. The summed E-state index contributed by atoms with van der Waals surface area (Å²) in [4.78, 5) is 14.3. The third-order valence-corrected chi connectivity index (χ3v) is 4.05. The maximum absolute atomic E-state index is 12.1. The molecule has 3 rings (SSSR count). The van der Waals surface area contributed by atoms with Crippen LogP contribution in [-0.2, 0) is 11.2 Å². The Morgan fingerprint density at radius 2 is 2.00 bits per heavy atom. The van der Waals surface area contributed by atoms with Crippen LogP contribution in [0.4, 0.5) is 5.69 Å². The Kier molecular flexibility index (Phi) is 5.21. The molecule has 0 aromatic heterocycles. The lowest BCUT2D eigenvalue weighted by Crippen LogP contribution is -2.39. The summed E-state index contributed by atoms with van der Waals surface area (Å²) >= 11 is 0. The molecule has 0 spiro atoms. The number of hydrogen-bond donors (Lipinski definition) is 1. The van der Waals surface area contributed by atoms with Crippen LogP contribution in [0, 0.1) is 0 Å². The molecule has 0 unspecified atom stereocenters. The SMILES string of the molecule is COc1ccc(CC(=O)NCCN2CCOc3ccccc32)cc1. The topological polar surface area (TPSA) is 50.8 Å². The lowest BCUT2D eigenvalue weighted by molar-refractivity contribution is -0.120. The van der Waals surface area contributed by atoms with Crippen LogP contribution in [0.5, 0.6) is 11.5 Å². The molecule has 0 radical (unpaired) electrons. The number of methoxy groups -OCH3 is 1. The van der Waals surface area contributed by atoms with Gasteiger partial charge >= 0.3 is 0 Å². The van der Waals surface area contributed by atoms with Crippen molar-refractivity contribution < 1.29 is 14.3 Å². The summed E-state index contributed by atoms with van der Waals surface area (Å²) in [6.07, 6.45) is 0.379. The Morgan fingerprint density at radius 1 is 1.21 bits per heavy atom. The van der Waals surface area contributed by atoms with Crippen molar-refractivity contribution in [1.82, 2.24) is 5.32 Å². The zero-order valence-electron chi connectivity index (χ0n) is 13.8. The summed E-state index contributed by atoms with van der Waals surface area (Å²) in [5.74, 6) is 1.74. The molecule has 5 nitrogen and oxygen atoms in total. The van der Waals surface area contributed by atoms with E-state index < -0.39 is 0 Å². The third-order valence-electron chi connectivity index (χ3n) is 4.05. The predicted octanol–water partition coefficient (Wildman–Crippen LogP) is 2.25. The van der Waals surface area contributed by atoms with Gasteiger partial charge in [-0.2, -0.15) is 0 Å². The van der Waals surface area contributed by atoms with Crippen LogP contribution in [0.2, 0.25) is 0 Å². The van der Waals surface area contributed by atoms with Crippen LogP contribution in [0.1, 0.15) is 5.56 Å². The van der Waals surface area contributed by atoms with Crippen molar-refractivity contribution in [1.29, 1.82) is 0 Å². The van der Waals surface area contributed by atoms with E-state index in [9.17, 15) is 4.79 Å². The van der Waals surface area contributed by atoms with Gasteiger partial charge in [-0.3, -0.25) is 4.79 Å². The van der Waals surface area contributed by atoms with Crippen molar-refractivity contribution in [3.63, 3.8) is 0 Å². The van der Waals surface area contributed by atoms with Gasteiger partial charge in [-0.15, -0.1) is 0 Å². The van der Waals surface area contributed by atoms with Gasteiger partial charge in [0.2, 0.25) is 5.91 Å². The van der Waals surface area contributed by atoms with Crippen molar-refractivity contribution >= 4 is 11.6 Å². The largest absolute Gasteiger partial charge is 0.497 e. The van der Waals surface area contributed by atoms with Crippen LogP contribution < -0.4 is 19.7 Å². The summed E-state index contributed by atoms with van der Waals surface area (Å²) in [6.45, 7) is 2.90. The molecule has 1 amide bonds. The van der Waals surface area contributed by atoms with Gasteiger partial charge in [-0.1, -0.05) is 24.3 Å². The second-order valence-electron chi connectivity index (χ2n) is 5.68. The smallest absolute Gasteiger partial charge is 0.224 e. The summed E-state index contributed by atoms with van der Waals surface area (Å²) in [7, 11) is 1.63. The highest BCUT2D eigenvalue weighted by atomic mass is 16.5. The molecular formula is C19H22N2O3. The van der Waals surface area contributed by atoms with Gasteiger partial charge in [0.15, 0.2) is 0 Å². The molecule has 0 bridgehead atoms. The van der Waals surface area contributed by atoms with Gasteiger partial charge in [0, 0.05) is 13.1 Å². The first-order chi connectivity index (χ1) is 11.8. The molecule has 126 valence electrons. The quantitative estimate of drug-likeness (QED) is 0.885. The Balaban J connectivity index is 1.47. The first-order valence-corrected chi connectivity index (χ1v) is 8.12. The van der Waals surface area contributed by atoms with Crippen molar-refractivity contribution in [2.75, 3.05) is 38.3 Å². The second-order valence-corrected chi connectivity index (χ2v) is 5.68. The molecule has 1 N–H and O–H groups in total. The average Bonchev–Trinajstić information content (AvgIpc) is 2.62. The molecule has 0 saturated heterocycles. The van der Waals surface area contributed by atoms with E-state index in [1.54, 1.807) is 7.11 Å². The molecule has 0 aliphatic carbocycles. The molecule has 1 aliphatic heterocycles. The Labute approximate surface area is 142 Å². The Hall–Kier alpha value is -2.69. The zero-order valence-corrected chi connectivity index (χ0v) is 13.8. The van der Waals surface area contributed by atoms with Gasteiger partial charge in [0.25, 0.3) is 0 Å². The van der Waals surface area contributed by atoms with E-state index >= 15 is 0 Å². The number of nitrogens with one attached hydrogen (secondary N) is 1. The minimum Gasteiger partial charge on any atom is -0.497 e. The number of para-hydroxylation sites is 2. The number of hydrogen-bond acceptors (Lipinski definition) is 4. The number of anilines is 1. The summed E-state index contributed by atoms with van der Waals surface area (Å²) < 4.78 is 10.8. The van der Waals surface area contributed by atoms with Crippen molar-refractivity contribution in [3.05, 3.63) is 54.1 Å². The molecule has 1 heterocycles. The highest BCUT2D eigenvalue weighted by molar-refractivity contribution is 5.78. The van der Waals surface area contributed by atoms with Gasteiger partial charge in [0.1, 0.15) is 18.1 Å². The number of amides is 1. The number of fused-ring (bicyclic) bond motifs is 1. The van der Waals surface area contributed by atoms with E-state index in [2.05, 4.69) is 10.2 Å². The lowest BCUT2D eigenvalue weighted by Gasteiger charge is -2.31. The maximum atomic E-state index is 12.1. The summed E-state index contributed by atoms with van der Waals surface area (Å²) in [6, 6.07) is 15.6. The molecule has 24 heavy (non-hydrogen) atoms. The lowest BCUT2D eigenvalue weighted by atomic mass is 10.1. The minimum absolute atomic E-state index is 0.0294. The number of nitrogens with zero attached hydrogens (tertiary/aromatic N) is 1. The molecule has 0 atom stereocenters. The zero-order chi connectivity index (χ0) is 16.8. The van der Waals surface area contributed by atoms with Gasteiger partial charge in [-0.05, 0) is 29.8 Å². The molecule has 0 fully saturated rings. The van der Waals surface area contributed by atoms with E-state index in [4.69, 9.17) is 9.47 Å². The standard InChI is InChI=1S/C19H22N2O3/c1-23-16-8-6-15(7-9-16)14-19(22)20-10-11-21-12-13-24-18-5-3-2-4-17(18)21/h2-9H,10-14H2,1H3,(H,20,22). The molecule has 0 saturated carbocycles. The first-order valence-electron chi connectivity index (χ1n) is 8.12. The van der Waals surface area contributed by atoms with E-state index in [0.717, 1.165) is 35.8 Å². The van der Waals surface area contributed by atoms with Gasteiger partial charge in [-0.25, -0.2) is 0 Å². The van der Waals surface area contributed by atoms with Crippen LogP contribution in [0.15, 0.2) is 48.5 Å². The number of carbonyl (C=O) groups is 1. The first kappa shape index (κ1) is 16.2. The van der Waals surface area contributed by atoms with Crippen molar-refractivity contribution in [2.45, 2.75) is 6.42 Å². The van der Waals surface area contributed by atoms with E-state index in [-0.39, 0.29) is 5.91 Å². The van der Waals surface area contributed by atoms with Crippen LogP contribution >= 0.6 is 0 Å². The normalized spacial score (nSPS) is 13.0. The minimum atomic E-state index is 0.0294. The summed E-state index contributed by atoms with van der Waals surface area (Å²) in [5.41, 5.74) is 2.07. The number of ether oxygens (including phenoxy) is 2. The Bertz CT molecular complexity index is 685.